The second-order valence-electron chi connectivity index (χ2n) is 7.91. The van der Waals surface area contributed by atoms with Crippen LogP contribution in [0.5, 0.6) is 0 Å². The molecule has 8 heteroatoms. The molecule has 0 N–H and O–H groups in total. The van der Waals surface area contributed by atoms with Crippen LogP contribution in [0.25, 0.3) is 10.9 Å². The molecular formula is C22H27N5O2S. The third-order valence-electron chi connectivity index (χ3n) is 6.15. The Bertz CT molecular complexity index is 977. The van der Waals surface area contributed by atoms with Gasteiger partial charge in [0.25, 0.3) is 0 Å². The van der Waals surface area contributed by atoms with E-state index in [9.17, 15) is 0 Å². The Morgan fingerprint density at radius 3 is 2.87 bits per heavy atom. The first kappa shape index (κ1) is 19.7. The Hall–Kier alpha value is -2.29. The molecular weight excluding hydrogens is 398 g/mol. The molecule has 4 heterocycles. The number of morpholine rings is 1. The van der Waals surface area contributed by atoms with Crippen LogP contribution in [-0.4, -0.2) is 61.5 Å². The van der Waals surface area contributed by atoms with Gasteiger partial charge in [-0.05, 0) is 31.0 Å². The number of rotatable bonds is 5. The second-order valence-corrected chi connectivity index (χ2v) is 8.82. The van der Waals surface area contributed by atoms with Crippen molar-refractivity contribution in [2.24, 2.45) is 5.92 Å². The zero-order valence-corrected chi connectivity index (χ0v) is 18.1. The summed E-state index contributed by atoms with van der Waals surface area (Å²) < 4.78 is 11.4. The van der Waals surface area contributed by atoms with Crippen LogP contribution in [0.4, 0.5) is 11.5 Å². The summed E-state index contributed by atoms with van der Waals surface area (Å²) in [6, 6.07) is 6.55. The Morgan fingerprint density at radius 1 is 1.17 bits per heavy atom. The zero-order valence-electron chi connectivity index (χ0n) is 17.2. The van der Waals surface area contributed by atoms with Crippen molar-refractivity contribution >= 4 is 33.7 Å². The summed E-state index contributed by atoms with van der Waals surface area (Å²) in [7, 11) is 1.80. The molecule has 2 aromatic heterocycles. The van der Waals surface area contributed by atoms with Crippen LogP contribution in [0.2, 0.25) is 0 Å². The molecule has 2 aliphatic heterocycles. The van der Waals surface area contributed by atoms with Gasteiger partial charge in [-0.1, -0.05) is 0 Å². The smallest absolute Gasteiger partial charge is 0.139 e. The molecule has 0 amide bonds. The highest BCUT2D eigenvalue weighted by Gasteiger charge is 2.30. The Kier molecular flexibility index (Phi) is 5.79. The lowest BCUT2D eigenvalue weighted by Crippen LogP contribution is -2.38. The van der Waals surface area contributed by atoms with E-state index in [-0.39, 0.29) is 6.10 Å². The molecule has 158 valence electrons. The topological polar surface area (TPSA) is 63.6 Å². The SMILES string of the molecule is COC(c1cncs1)C1CCCN(c2ncnc3cc(N4CCOCC4)ccc23)C1. The normalized spacial score (nSPS) is 21.2. The minimum Gasteiger partial charge on any atom is -0.378 e. The highest BCUT2D eigenvalue weighted by atomic mass is 32.1. The number of fused-ring (bicyclic) bond motifs is 1. The molecule has 30 heavy (non-hydrogen) atoms. The van der Waals surface area contributed by atoms with E-state index in [0.717, 1.165) is 69.0 Å². The molecule has 1 aromatic carbocycles. The predicted octanol–water partition coefficient (Wildman–Crippen LogP) is 3.53. The number of hydrogen-bond acceptors (Lipinski definition) is 8. The van der Waals surface area contributed by atoms with Gasteiger partial charge in [0.15, 0.2) is 0 Å². The molecule has 3 aromatic rings. The minimum absolute atomic E-state index is 0.0846. The van der Waals surface area contributed by atoms with Gasteiger partial charge in [-0.15, -0.1) is 11.3 Å². The van der Waals surface area contributed by atoms with Gasteiger partial charge in [0, 0.05) is 56.5 Å². The lowest BCUT2D eigenvalue weighted by molar-refractivity contribution is 0.0474. The van der Waals surface area contributed by atoms with Crippen molar-refractivity contribution in [2.75, 3.05) is 56.3 Å². The molecule has 2 aliphatic rings. The molecule has 0 aliphatic carbocycles. The molecule has 2 unspecified atom stereocenters. The van der Waals surface area contributed by atoms with Gasteiger partial charge >= 0.3 is 0 Å². The second kappa shape index (κ2) is 8.83. The summed E-state index contributed by atoms with van der Waals surface area (Å²) in [6.07, 6.45) is 5.99. The molecule has 0 saturated carbocycles. The van der Waals surface area contributed by atoms with Crippen molar-refractivity contribution < 1.29 is 9.47 Å². The van der Waals surface area contributed by atoms with Crippen molar-refractivity contribution in [3.05, 3.63) is 41.1 Å². The number of benzene rings is 1. The summed E-state index contributed by atoms with van der Waals surface area (Å²) in [5.41, 5.74) is 4.08. The lowest BCUT2D eigenvalue weighted by atomic mass is 9.91. The van der Waals surface area contributed by atoms with Crippen LogP contribution in [0, 0.1) is 5.92 Å². The Labute approximate surface area is 180 Å². The number of nitrogens with zero attached hydrogens (tertiary/aromatic N) is 5. The predicted molar refractivity (Wildman–Crippen MR) is 119 cm³/mol. The van der Waals surface area contributed by atoms with Crippen molar-refractivity contribution in [1.82, 2.24) is 15.0 Å². The summed E-state index contributed by atoms with van der Waals surface area (Å²) in [6.45, 7) is 5.34. The Balaban J connectivity index is 1.41. The number of ether oxygens (including phenoxy) is 2. The number of aromatic nitrogens is 3. The first-order valence-corrected chi connectivity index (χ1v) is 11.4. The lowest BCUT2D eigenvalue weighted by Gasteiger charge is -2.37. The van der Waals surface area contributed by atoms with E-state index >= 15 is 0 Å². The van der Waals surface area contributed by atoms with E-state index in [1.54, 1.807) is 24.8 Å². The van der Waals surface area contributed by atoms with Crippen LogP contribution in [0.15, 0.2) is 36.2 Å². The molecule has 2 atom stereocenters. The summed E-state index contributed by atoms with van der Waals surface area (Å²) >= 11 is 1.67. The number of methoxy groups -OCH3 is 1. The monoisotopic (exact) mass is 425 g/mol. The van der Waals surface area contributed by atoms with Gasteiger partial charge in [-0.2, -0.15) is 0 Å². The molecule has 0 bridgehead atoms. The van der Waals surface area contributed by atoms with Crippen LogP contribution < -0.4 is 9.80 Å². The van der Waals surface area contributed by atoms with E-state index in [0.29, 0.717) is 5.92 Å². The molecule has 2 fully saturated rings. The molecule has 2 saturated heterocycles. The number of hydrogen-bond donors (Lipinski definition) is 0. The van der Waals surface area contributed by atoms with Crippen molar-refractivity contribution in [2.45, 2.75) is 18.9 Å². The van der Waals surface area contributed by atoms with E-state index in [2.05, 4.69) is 43.0 Å². The highest BCUT2D eigenvalue weighted by molar-refractivity contribution is 7.09. The van der Waals surface area contributed by atoms with Crippen molar-refractivity contribution in [3.8, 4) is 0 Å². The first-order valence-electron chi connectivity index (χ1n) is 10.6. The van der Waals surface area contributed by atoms with Crippen molar-refractivity contribution in [3.63, 3.8) is 0 Å². The molecule has 5 rings (SSSR count). The summed E-state index contributed by atoms with van der Waals surface area (Å²) in [5.74, 6) is 1.44. The van der Waals surface area contributed by atoms with Crippen molar-refractivity contribution in [1.29, 1.82) is 0 Å². The fraction of sp³-hybridized carbons (Fsp3) is 0.500. The van der Waals surface area contributed by atoms with E-state index in [4.69, 9.17) is 9.47 Å². The minimum atomic E-state index is 0.0846. The van der Waals surface area contributed by atoms with E-state index in [1.807, 2.05) is 11.7 Å². The molecule has 0 radical (unpaired) electrons. The third-order valence-corrected chi connectivity index (χ3v) is 6.98. The third kappa shape index (κ3) is 3.87. The van der Waals surface area contributed by atoms with Gasteiger partial charge in [0.05, 0.1) is 35.2 Å². The fourth-order valence-corrected chi connectivity index (χ4v) is 5.45. The Morgan fingerprint density at radius 2 is 2.07 bits per heavy atom. The zero-order chi connectivity index (χ0) is 20.3. The van der Waals surface area contributed by atoms with E-state index < -0.39 is 0 Å². The maximum Gasteiger partial charge on any atom is 0.139 e. The van der Waals surface area contributed by atoms with Crippen LogP contribution in [0.1, 0.15) is 23.8 Å². The van der Waals surface area contributed by atoms with Gasteiger partial charge in [-0.25, -0.2) is 9.97 Å². The average molecular weight is 426 g/mol. The number of thiazole rings is 1. The fourth-order valence-electron chi connectivity index (χ4n) is 4.66. The largest absolute Gasteiger partial charge is 0.378 e. The molecule has 0 spiro atoms. The standard InChI is InChI=1S/C22H27N5O2S/c1-28-21(20-12-23-15-30-20)16-3-2-6-27(13-16)22-18-5-4-17(11-19(18)24-14-25-22)26-7-9-29-10-8-26/h4-5,11-12,14-16,21H,2-3,6-10,13H2,1H3. The average Bonchev–Trinajstić information content (AvgIpc) is 3.34. The van der Waals surface area contributed by atoms with Crippen LogP contribution in [0.3, 0.4) is 0 Å². The maximum atomic E-state index is 5.88. The summed E-state index contributed by atoms with van der Waals surface area (Å²) in [5, 5.41) is 1.11. The van der Waals surface area contributed by atoms with Gasteiger partial charge in [0.1, 0.15) is 12.1 Å². The summed E-state index contributed by atoms with van der Waals surface area (Å²) in [4.78, 5) is 19.5. The van der Waals surface area contributed by atoms with E-state index in [1.165, 1.54) is 10.6 Å². The van der Waals surface area contributed by atoms with Gasteiger partial charge in [0.2, 0.25) is 0 Å². The quantitative estimate of drug-likeness (QED) is 0.620. The van der Waals surface area contributed by atoms with Gasteiger partial charge < -0.3 is 19.3 Å². The number of anilines is 2. The highest BCUT2D eigenvalue weighted by Crippen LogP contribution is 2.36. The van der Waals surface area contributed by atoms with Crippen LogP contribution in [-0.2, 0) is 9.47 Å². The molecule has 7 nitrogen and oxygen atoms in total. The maximum absolute atomic E-state index is 5.88. The first-order chi connectivity index (χ1) is 14.8. The van der Waals surface area contributed by atoms with Crippen LogP contribution >= 0.6 is 11.3 Å². The number of piperidine rings is 1. The van der Waals surface area contributed by atoms with Gasteiger partial charge in [-0.3, -0.25) is 4.98 Å².